The lowest BCUT2D eigenvalue weighted by Crippen LogP contribution is -2.39. The molecule has 0 heterocycles. The van der Waals surface area contributed by atoms with E-state index in [4.69, 9.17) is 15.2 Å². The predicted octanol–water partition coefficient (Wildman–Crippen LogP) is 0.710. The third-order valence-corrected chi connectivity index (χ3v) is 2.60. The van der Waals surface area contributed by atoms with Crippen molar-refractivity contribution in [1.29, 1.82) is 0 Å². The zero-order chi connectivity index (χ0) is 13.5. The van der Waals surface area contributed by atoms with E-state index in [0.717, 1.165) is 17.1 Å². The molecule has 5 nitrogen and oxygen atoms in total. The molecular weight excluding hydrogens is 232 g/mol. The van der Waals surface area contributed by atoms with E-state index < -0.39 is 6.04 Å². The number of carbonyl (C=O) groups is 1. The zero-order valence-electron chi connectivity index (χ0n) is 11.0. The zero-order valence-corrected chi connectivity index (χ0v) is 11.0. The van der Waals surface area contributed by atoms with Crippen LogP contribution in [0.3, 0.4) is 0 Å². The second-order valence-corrected chi connectivity index (χ2v) is 4.01. The molecule has 0 radical (unpaired) electrons. The molecule has 1 aromatic carbocycles. The summed E-state index contributed by atoms with van der Waals surface area (Å²) in [5, 5.41) is 2.76. The third-order valence-electron chi connectivity index (χ3n) is 2.60. The van der Waals surface area contributed by atoms with Crippen molar-refractivity contribution >= 4 is 5.91 Å². The molecular formula is C13H20N2O3. The first kappa shape index (κ1) is 14.3. The maximum absolute atomic E-state index is 11.3. The molecule has 1 amide bonds. The van der Waals surface area contributed by atoms with E-state index in [1.165, 1.54) is 0 Å². The molecule has 3 N–H and O–H groups in total. The number of ether oxygens (including phenoxy) is 2. The maximum Gasteiger partial charge on any atom is 0.236 e. The lowest BCUT2D eigenvalue weighted by molar-refractivity contribution is -0.121. The minimum atomic E-state index is -0.484. The van der Waals surface area contributed by atoms with Gasteiger partial charge in [-0.25, -0.2) is 0 Å². The van der Waals surface area contributed by atoms with Gasteiger partial charge < -0.3 is 20.5 Å². The second-order valence-electron chi connectivity index (χ2n) is 4.01. The Hall–Kier alpha value is -1.75. The number of nitrogens with one attached hydrogen (secondary N) is 1. The number of nitrogens with two attached hydrogens (primary N) is 1. The number of benzene rings is 1. The number of rotatable bonds is 6. The van der Waals surface area contributed by atoms with Gasteiger partial charge in [-0.2, -0.15) is 0 Å². The summed E-state index contributed by atoms with van der Waals surface area (Å²) in [5.41, 5.74) is 6.47. The highest BCUT2D eigenvalue weighted by Gasteiger charge is 2.08. The van der Waals surface area contributed by atoms with E-state index >= 15 is 0 Å². The van der Waals surface area contributed by atoms with Gasteiger partial charge in [-0.05, 0) is 25.0 Å². The molecule has 0 fully saturated rings. The van der Waals surface area contributed by atoms with Crippen molar-refractivity contribution in [3.63, 3.8) is 0 Å². The van der Waals surface area contributed by atoms with Gasteiger partial charge in [0.1, 0.15) is 11.5 Å². The van der Waals surface area contributed by atoms with Crippen molar-refractivity contribution in [2.24, 2.45) is 5.73 Å². The minimum absolute atomic E-state index is 0.150. The molecule has 1 aromatic rings. The Morgan fingerprint density at radius 2 is 2.11 bits per heavy atom. The standard InChI is InChI=1S/C13H20N2O3/c1-9(14)13(16)15-7-6-10-4-5-11(17-2)8-12(10)18-3/h4-5,8-9H,6-7,14H2,1-3H3,(H,15,16). The Morgan fingerprint density at radius 1 is 1.39 bits per heavy atom. The monoisotopic (exact) mass is 252 g/mol. The minimum Gasteiger partial charge on any atom is -0.497 e. The van der Waals surface area contributed by atoms with Crippen LogP contribution in [0.2, 0.25) is 0 Å². The largest absolute Gasteiger partial charge is 0.497 e. The molecule has 0 spiro atoms. The van der Waals surface area contributed by atoms with Crippen molar-refractivity contribution in [3.05, 3.63) is 23.8 Å². The van der Waals surface area contributed by atoms with Gasteiger partial charge in [0.15, 0.2) is 0 Å². The summed E-state index contributed by atoms with van der Waals surface area (Å²) >= 11 is 0. The number of carbonyl (C=O) groups excluding carboxylic acids is 1. The SMILES string of the molecule is COc1ccc(CCNC(=O)C(C)N)c(OC)c1. The van der Waals surface area contributed by atoms with Crippen molar-refractivity contribution in [2.75, 3.05) is 20.8 Å². The summed E-state index contributed by atoms with van der Waals surface area (Å²) in [5.74, 6) is 1.35. The van der Waals surface area contributed by atoms with Gasteiger partial charge in [0.2, 0.25) is 5.91 Å². The van der Waals surface area contributed by atoms with E-state index in [9.17, 15) is 4.79 Å². The molecule has 0 bridgehead atoms. The van der Waals surface area contributed by atoms with Crippen LogP contribution >= 0.6 is 0 Å². The Bertz CT molecular complexity index is 405. The Kier molecular flexibility index (Phi) is 5.45. The van der Waals surface area contributed by atoms with Gasteiger partial charge in [-0.3, -0.25) is 4.79 Å². The number of hydrogen-bond acceptors (Lipinski definition) is 4. The lowest BCUT2D eigenvalue weighted by Gasteiger charge is -2.11. The van der Waals surface area contributed by atoms with E-state index in [1.54, 1.807) is 21.1 Å². The molecule has 1 rings (SSSR count). The van der Waals surface area contributed by atoms with E-state index in [0.29, 0.717) is 13.0 Å². The smallest absolute Gasteiger partial charge is 0.236 e. The van der Waals surface area contributed by atoms with E-state index in [2.05, 4.69) is 5.32 Å². The Balaban J connectivity index is 2.59. The molecule has 1 atom stereocenters. The Labute approximate surface area is 107 Å². The number of methoxy groups -OCH3 is 2. The molecule has 1 unspecified atom stereocenters. The van der Waals surface area contributed by atoms with Gasteiger partial charge >= 0.3 is 0 Å². The first-order chi connectivity index (χ1) is 8.58. The molecule has 0 saturated heterocycles. The number of hydrogen-bond donors (Lipinski definition) is 2. The van der Waals surface area contributed by atoms with Crippen LogP contribution in [0.1, 0.15) is 12.5 Å². The lowest BCUT2D eigenvalue weighted by atomic mass is 10.1. The highest BCUT2D eigenvalue weighted by molar-refractivity contribution is 5.80. The normalized spacial score (nSPS) is 11.8. The molecule has 0 aromatic heterocycles. The van der Waals surface area contributed by atoms with Crippen LogP contribution in [-0.2, 0) is 11.2 Å². The van der Waals surface area contributed by atoms with Crippen LogP contribution < -0.4 is 20.5 Å². The van der Waals surface area contributed by atoms with Crippen molar-refractivity contribution < 1.29 is 14.3 Å². The fourth-order valence-electron chi connectivity index (χ4n) is 1.54. The molecule has 100 valence electrons. The fourth-order valence-corrected chi connectivity index (χ4v) is 1.54. The quantitative estimate of drug-likeness (QED) is 0.782. The summed E-state index contributed by atoms with van der Waals surface area (Å²) in [4.78, 5) is 11.3. The van der Waals surface area contributed by atoms with Gasteiger partial charge in [0, 0.05) is 12.6 Å². The van der Waals surface area contributed by atoms with Gasteiger partial charge in [-0.1, -0.05) is 6.07 Å². The average molecular weight is 252 g/mol. The van der Waals surface area contributed by atoms with Crippen molar-refractivity contribution in [2.45, 2.75) is 19.4 Å². The Morgan fingerprint density at radius 3 is 2.67 bits per heavy atom. The van der Waals surface area contributed by atoms with Crippen LogP contribution in [0.4, 0.5) is 0 Å². The molecule has 0 saturated carbocycles. The van der Waals surface area contributed by atoms with E-state index in [1.807, 2.05) is 18.2 Å². The first-order valence-electron chi connectivity index (χ1n) is 5.82. The molecule has 5 heteroatoms. The summed E-state index contributed by atoms with van der Waals surface area (Å²) in [6.07, 6.45) is 0.686. The summed E-state index contributed by atoms with van der Waals surface area (Å²) in [6, 6.07) is 5.13. The van der Waals surface area contributed by atoms with Gasteiger partial charge in [-0.15, -0.1) is 0 Å². The van der Waals surface area contributed by atoms with E-state index in [-0.39, 0.29) is 5.91 Å². The molecule has 0 aliphatic carbocycles. The maximum atomic E-state index is 11.3. The van der Waals surface area contributed by atoms with Gasteiger partial charge in [0.25, 0.3) is 0 Å². The summed E-state index contributed by atoms with van der Waals surface area (Å²) < 4.78 is 10.4. The van der Waals surface area contributed by atoms with Crippen molar-refractivity contribution in [3.8, 4) is 11.5 Å². The summed E-state index contributed by atoms with van der Waals surface area (Å²) in [6.45, 7) is 2.19. The number of amides is 1. The predicted molar refractivity (Wildman–Crippen MR) is 69.9 cm³/mol. The van der Waals surface area contributed by atoms with Crippen LogP contribution in [-0.4, -0.2) is 32.7 Å². The third kappa shape index (κ3) is 3.92. The highest BCUT2D eigenvalue weighted by atomic mass is 16.5. The second kappa shape index (κ2) is 6.86. The topological polar surface area (TPSA) is 73.6 Å². The van der Waals surface area contributed by atoms with Crippen LogP contribution in [0.5, 0.6) is 11.5 Å². The fraction of sp³-hybridized carbons (Fsp3) is 0.462. The van der Waals surface area contributed by atoms with Crippen LogP contribution in [0.15, 0.2) is 18.2 Å². The molecule has 0 aliphatic heterocycles. The molecule has 0 aliphatic rings. The van der Waals surface area contributed by atoms with Gasteiger partial charge in [0.05, 0.1) is 20.3 Å². The van der Waals surface area contributed by atoms with Crippen LogP contribution in [0, 0.1) is 0 Å². The highest BCUT2D eigenvalue weighted by Crippen LogP contribution is 2.24. The molecule has 18 heavy (non-hydrogen) atoms. The van der Waals surface area contributed by atoms with Crippen molar-refractivity contribution in [1.82, 2.24) is 5.32 Å². The average Bonchev–Trinajstić information content (AvgIpc) is 2.38. The summed E-state index contributed by atoms with van der Waals surface area (Å²) in [7, 11) is 3.22. The first-order valence-corrected chi connectivity index (χ1v) is 5.82. The van der Waals surface area contributed by atoms with Crippen LogP contribution in [0.25, 0.3) is 0 Å².